The maximum atomic E-state index is 14.7. The Morgan fingerprint density at radius 1 is 1.14 bits per heavy atom. The van der Waals surface area contributed by atoms with Crippen LogP contribution in [0.2, 0.25) is 0 Å². The molecule has 0 radical (unpaired) electrons. The molecule has 1 aliphatic heterocycles. The Morgan fingerprint density at radius 2 is 1.97 bits per heavy atom. The van der Waals surface area contributed by atoms with Gasteiger partial charge in [-0.3, -0.25) is 9.78 Å². The minimum atomic E-state index is -1.05. The van der Waals surface area contributed by atoms with Gasteiger partial charge in [-0.2, -0.15) is 4.98 Å². The van der Waals surface area contributed by atoms with Crippen molar-refractivity contribution in [1.82, 2.24) is 25.6 Å². The summed E-state index contributed by atoms with van der Waals surface area (Å²) in [6.45, 7) is 5.47. The number of carbonyl (C=O) groups excluding carboxylic acids is 1. The van der Waals surface area contributed by atoms with E-state index >= 15 is 0 Å². The largest absolute Gasteiger partial charge is 0.384 e. The van der Waals surface area contributed by atoms with E-state index in [9.17, 15) is 14.3 Å². The van der Waals surface area contributed by atoms with Crippen LogP contribution in [0.1, 0.15) is 60.3 Å². The number of amides is 1. The lowest BCUT2D eigenvalue weighted by atomic mass is 9.77. The molecule has 2 aromatic heterocycles. The smallest absolute Gasteiger partial charge is 0.256 e. The minimum absolute atomic E-state index is 0.0739. The van der Waals surface area contributed by atoms with Gasteiger partial charge in [-0.15, -0.1) is 0 Å². The Morgan fingerprint density at radius 3 is 2.72 bits per heavy atom. The molecule has 9 nitrogen and oxygen atoms in total. The third kappa shape index (κ3) is 5.00. The summed E-state index contributed by atoms with van der Waals surface area (Å²) < 4.78 is 14.7. The lowest BCUT2D eigenvalue weighted by Crippen LogP contribution is -2.34. The molecule has 1 aliphatic carbocycles. The summed E-state index contributed by atoms with van der Waals surface area (Å²) in [7, 11) is 0. The number of halogens is 1. The van der Waals surface area contributed by atoms with Crippen LogP contribution < -0.4 is 21.3 Å². The molecule has 10 heteroatoms. The summed E-state index contributed by atoms with van der Waals surface area (Å²) in [5.41, 5.74) is 2.92. The van der Waals surface area contributed by atoms with Crippen molar-refractivity contribution < 1.29 is 14.3 Å². The predicted molar refractivity (Wildman–Crippen MR) is 135 cm³/mol. The van der Waals surface area contributed by atoms with Crippen LogP contribution in [0.3, 0.4) is 0 Å². The van der Waals surface area contributed by atoms with E-state index in [1.54, 1.807) is 0 Å². The SMILES string of the molecule is CC(C)NC(=O)c1cnc(Nc2ccc3c(c2)CCNC3)nc1Nc1cc(C2(O)CCC2)ncc1F. The first-order valence-electron chi connectivity index (χ1n) is 12.2. The summed E-state index contributed by atoms with van der Waals surface area (Å²) in [6.07, 6.45) is 5.46. The number of hydrogen-bond donors (Lipinski definition) is 5. The first kappa shape index (κ1) is 24.1. The van der Waals surface area contributed by atoms with Gasteiger partial charge in [-0.25, -0.2) is 9.37 Å². The van der Waals surface area contributed by atoms with Crippen LogP contribution in [0.15, 0.2) is 36.7 Å². The molecule has 0 atom stereocenters. The lowest BCUT2D eigenvalue weighted by molar-refractivity contribution is -0.0426. The number of hydrogen-bond acceptors (Lipinski definition) is 8. The number of fused-ring (bicyclic) bond motifs is 1. The van der Waals surface area contributed by atoms with Crippen LogP contribution in [0.5, 0.6) is 0 Å². The summed E-state index contributed by atoms with van der Waals surface area (Å²) in [5, 5.41) is 23.0. The molecule has 3 aromatic rings. The zero-order chi connectivity index (χ0) is 25.3. The molecule has 188 valence electrons. The van der Waals surface area contributed by atoms with Gasteiger partial charge in [-0.05, 0) is 75.4 Å². The zero-order valence-corrected chi connectivity index (χ0v) is 20.4. The van der Waals surface area contributed by atoms with Crippen molar-refractivity contribution in [3.05, 3.63) is 64.9 Å². The quantitative estimate of drug-likeness (QED) is 0.339. The number of aromatic nitrogens is 3. The molecule has 36 heavy (non-hydrogen) atoms. The molecule has 1 fully saturated rings. The average molecular weight is 492 g/mol. The van der Waals surface area contributed by atoms with Gasteiger partial charge in [0.05, 0.1) is 17.6 Å². The maximum Gasteiger partial charge on any atom is 0.256 e. The van der Waals surface area contributed by atoms with Crippen molar-refractivity contribution in [3.8, 4) is 0 Å². The molecule has 3 heterocycles. The number of nitrogens with zero attached hydrogens (tertiary/aromatic N) is 3. The fraction of sp³-hybridized carbons (Fsp3) is 0.385. The van der Waals surface area contributed by atoms with Crippen LogP contribution in [0.4, 0.5) is 27.5 Å². The van der Waals surface area contributed by atoms with Crippen molar-refractivity contribution in [2.24, 2.45) is 0 Å². The van der Waals surface area contributed by atoms with Crippen molar-refractivity contribution >= 4 is 29.0 Å². The van der Waals surface area contributed by atoms with E-state index in [4.69, 9.17) is 0 Å². The normalized spacial score (nSPS) is 16.1. The molecule has 2 aliphatic rings. The van der Waals surface area contributed by atoms with Crippen LogP contribution >= 0.6 is 0 Å². The topological polar surface area (TPSA) is 124 Å². The van der Waals surface area contributed by atoms with Crippen molar-refractivity contribution in [3.63, 3.8) is 0 Å². The molecule has 0 bridgehead atoms. The lowest BCUT2D eigenvalue weighted by Gasteiger charge is -2.36. The summed E-state index contributed by atoms with van der Waals surface area (Å²) in [6, 6.07) is 7.46. The summed E-state index contributed by atoms with van der Waals surface area (Å²) in [4.78, 5) is 25.8. The Kier molecular flexibility index (Phi) is 6.55. The second-order valence-corrected chi connectivity index (χ2v) is 9.68. The highest BCUT2D eigenvalue weighted by molar-refractivity contribution is 5.99. The second-order valence-electron chi connectivity index (χ2n) is 9.68. The Labute approximate surface area is 209 Å². The van der Waals surface area contributed by atoms with E-state index in [1.807, 2.05) is 19.9 Å². The number of rotatable bonds is 7. The van der Waals surface area contributed by atoms with Gasteiger partial charge in [0.2, 0.25) is 5.95 Å². The van der Waals surface area contributed by atoms with E-state index in [0.717, 1.165) is 37.8 Å². The average Bonchev–Trinajstić information content (AvgIpc) is 2.83. The van der Waals surface area contributed by atoms with E-state index in [0.29, 0.717) is 18.5 Å². The van der Waals surface area contributed by atoms with Crippen LogP contribution in [-0.2, 0) is 18.6 Å². The Balaban J connectivity index is 1.47. The third-order valence-electron chi connectivity index (χ3n) is 6.57. The summed E-state index contributed by atoms with van der Waals surface area (Å²) >= 11 is 0. The van der Waals surface area contributed by atoms with Gasteiger partial charge in [-0.1, -0.05) is 6.07 Å². The molecular formula is C26H30FN7O2. The van der Waals surface area contributed by atoms with E-state index in [2.05, 4.69) is 48.4 Å². The molecule has 1 saturated carbocycles. The van der Waals surface area contributed by atoms with E-state index < -0.39 is 11.4 Å². The van der Waals surface area contributed by atoms with Crippen molar-refractivity contribution in [1.29, 1.82) is 0 Å². The van der Waals surface area contributed by atoms with Gasteiger partial charge in [0, 0.05) is 24.5 Å². The molecule has 5 N–H and O–H groups in total. The number of anilines is 4. The molecule has 0 unspecified atom stereocenters. The van der Waals surface area contributed by atoms with Crippen molar-refractivity contribution in [2.45, 2.75) is 57.7 Å². The Hall–Kier alpha value is -3.63. The highest BCUT2D eigenvalue weighted by Gasteiger charge is 2.38. The monoisotopic (exact) mass is 491 g/mol. The fourth-order valence-electron chi connectivity index (χ4n) is 4.41. The van der Waals surface area contributed by atoms with Crippen molar-refractivity contribution in [2.75, 3.05) is 17.2 Å². The highest BCUT2D eigenvalue weighted by atomic mass is 19.1. The third-order valence-corrected chi connectivity index (χ3v) is 6.57. The molecule has 0 saturated heterocycles. The van der Waals surface area contributed by atoms with Crippen LogP contribution in [0, 0.1) is 5.82 Å². The number of carbonyl (C=O) groups is 1. The van der Waals surface area contributed by atoms with E-state index in [1.165, 1.54) is 23.4 Å². The number of pyridine rings is 1. The molecule has 1 amide bonds. The number of nitrogens with one attached hydrogen (secondary N) is 4. The Bertz CT molecular complexity index is 1290. The highest BCUT2D eigenvalue weighted by Crippen LogP contribution is 2.41. The second kappa shape index (κ2) is 9.79. The zero-order valence-electron chi connectivity index (χ0n) is 20.4. The van der Waals surface area contributed by atoms with Gasteiger partial charge < -0.3 is 26.4 Å². The van der Waals surface area contributed by atoms with Gasteiger partial charge >= 0.3 is 0 Å². The minimum Gasteiger partial charge on any atom is -0.384 e. The van der Waals surface area contributed by atoms with Crippen LogP contribution in [-0.4, -0.2) is 38.6 Å². The molecule has 5 rings (SSSR count). The maximum absolute atomic E-state index is 14.7. The molecule has 1 aromatic carbocycles. The van der Waals surface area contributed by atoms with Gasteiger partial charge in [0.25, 0.3) is 5.91 Å². The first-order chi connectivity index (χ1) is 17.3. The first-order valence-corrected chi connectivity index (χ1v) is 12.2. The standard InChI is InChI=1S/C26H30FN7O2/c1-15(2)31-24(35)19-13-30-25(32-18-5-4-17-12-28-9-6-16(17)10-18)34-23(19)33-21-11-22(29-14-20(21)27)26(36)7-3-8-26/h4-5,10-11,13-15,28,36H,3,6-9,12H2,1-2H3,(H,31,35)(H2,29,30,32,33,34). The van der Waals surface area contributed by atoms with Gasteiger partial charge in [0.1, 0.15) is 17.0 Å². The predicted octanol–water partition coefficient (Wildman–Crippen LogP) is 3.65. The summed E-state index contributed by atoms with van der Waals surface area (Å²) in [5.74, 6) is -0.592. The van der Waals surface area contributed by atoms with E-state index in [-0.39, 0.29) is 35.0 Å². The molecular weight excluding hydrogens is 461 g/mol. The fourth-order valence-corrected chi connectivity index (χ4v) is 4.41. The number of aliphatic hydroxyl groups is 1. The van der Waals surface area contributed by atoms with Gasteiger partial charge in [0.15, 0.2) is 5.82 Å². The number of benzene rings is 1. The molecule has 0 spiro atoms. The van der Waals surface area contributed by atoms with Crippen LogP contribution in [0.25, 0.3) is 0 Å².